The van der Waals surface area contributed by atoms with Gasteiger partial charge < -0.3 is 30.4 Å². The number of hydrogen-bond donors (Lipinski definition) is 3. The molecule has 0 spiro atoms. The molecule has 2 heterocycles. The minimum atomic E-state index is -0.992. The van der Waals surface area contributed by atoms with Gasteiger partial charge >= 0.3 is 6.09 Å². The molecule has 4 aromatic rings. The summed E-state index contributed by atoms with van der Waals surface area (Å²) in [5.74, 6) is 0.0418. The smallest absolute Gasteiger partial charge is 0.408 e. The number of nitrogen functional groups attached to an aromatic ring is 1. The van der Waals surface area contributed by atoms with E-state index < -0.39 is 23.8 Å². The van der Waals surface area contributed by atoms with Crippen LogP contribution in [0.1, 0.15) is 45.2 Å². The van der Waals surface area contributed by atoms with Crippen molar-refractivity contribution in [3.63, 3.8) is 0 Å². The largest absolute Gasteiger partial charge is 0.456 e. The molecule has 0 radical (unpaired) electrons. The molecule has 3 amide bonds. The lowest BCUT2D eigenvalue weighted by atomic mass is 10.0. The maximum atomic E-state index is 13.8. The molecule has 0 bridgehead atoms. The van der Waals surface area contributed by atoms with Crippen LogP contribution in [0, 0.1) is 0 Å². The van der Waals surface area contributed by atoms with Crippen LogP contribution >= 0.6 is 0 Å². The molecule has 4 N–H and O–H groups in total. The highest BCUT2D eigenvalue weighted by molar-refractivity contribution is 6.00. The molecule has 0 saturated carbocycles. The standard InChI is InChI=1S/C32H34N4O5/c1-32(2,3)41-31(39)35-28(21-8-5-4-6-9-21)30(38)36-17-7-10-25(36)29(37)34-24-15-16-26-22(18-24)19-27(40-26)20-11-13-23(33)14-12-20/h4-6,8-9,11-16,18-19,25,28H,7,10,17,33H2,1-3H3,(H,34,37)(H,35,39)/t25?,28-/m1/s1. The number of nitrogens with two attached hydrogens (primary N) is 1. The van der Waals surface area contributed by atoms with E-state index >= 15 is 0 Å². The van der Waals surface area contributed by atoms with Crippen LogP contribution in [0.4, 0.5) is 16.2 Å². The van der Waals surface area contributed by atoms with Gasteiger partial charge in [-0.25, -0.2) is 4.79 Å². The lowest BCUT2D eigenvalue weighted by molar-refractivity contribution is -0.138. The summed E-state index contributed by atoms with van der Waals surface area (Å²) in [5, 5.41) is 6.51. The Morgan fingerprint density at radius 1 is 1.00 bits per heavy atom. The Labute approximate surface area is 238 Å². The van der Waals surface area contributed by atoms with Crippen molar-refractivity contribution >= 4 is 40.3 Å². The molecule has 2 atom stereocenters. The van der Waals surface area contributed by atoms with Gasteiger partial charge in [-0.2, -0.15) is 0 Å². The molecule has 212 valence electrons. The summed E-state index contributed by atoms with van der Waals surface area (Å²) in [6, 6.07) is 22.0. The second-order valence-corrected chi connectivity index (χ2v) is 11.2. The quantitative estimate of drug-likeness (QED) is 0.256. The van der Waals surface area contributed by atoms with Gasteiger partial charge in [0, 0.05) is 28.9 Å². The fraction of sp³-hybridized carbons (Fsp3) is 0.281. The van der Waals surface area contributed by atoms with Crippen LogP contribution in [-0.4, -0.2) is 41.0 Å². The Kier molecular flexibility index (Phi) is 7.70. The molecule has 1 fully saturated rings. The van der Waals surface area contributed by atoms with E-state index in [0.29, 0.717) is 47.7 Å². The molecule has 5 rings (SSSR count). The number of benzene rings is 3. The highest BCUT2D eigenvalue weighted by atomic mass is 16.6. The van der Waals surface area contributed by atoms with Gasteiger partial charge in [0.05, 0.1) is 0 Å². The molecule has 1 saturated heterocycles. The summed E-state index contributed by atoms with van der Waals surface area (Å²) in [6.45, 7) is 5.67. The monoisotopic (exact) mass is 554 g/mol. The first-order valence-corrected chi connectivity index (χ1v) is 13.6. The van der Waals surface area contributed by atoms with Gasteiger partial charge in [-0.15, -0.1) is 0 Å². The number of ether oxygens (including phenoxy) is 1. The Bertz CT molecular complexity index is 1560. The summed E-state index contributed by atoms with van der Waals surface area (Å²) in [6.07, 6.45) is 0.483. The fourth-order valence-electron chi connectivity index (χ4n) is 4.96. The van der Waals surface area contributed by atoms with Gasteiger partial charge in [-0.1, -0.05) is 30.3 Å². The SMILES string of the molecule is CC(C)(C)OC(=O)N[C@@H](C(=O)N1CCCC1C(=O)Nc1ccc2oc(-c3ccc(N)cc3)cc2c1)c1ccccc1. The van der Waals surface area contributed by atoms with Crippen molar-refractivity contribution in [3.8, 4) is 11.3 Å². The number of carbonyl (C=O) groups is 3. The third kappa shape index (κ3) is 6.51. The van der Waals surface area contributed by atoms with E-state index in [4.69, 9.17) is 14.9 Å². The van der Waals surface area contributed by atoms with E-state index in [1.165, 1.54) is 0 Å². The van der Waals surface area contributed by atoms with Crippen molar-refractivity contribution in [2.45, 2.75) is 51.3 Å². The zero-order valence-corrected chi connectivity index (χ0v) is 23.3. The minimum absolute atomic E-state index is 0.290. The van der Waals surface area contributed by atoms with Crippen LogP contribution in [0.3, 0.4) is 0 Å². The predicted molar refractivity (Wildman–Crippen MR) is 158 cm³/mol. The third-order valence-corrected chi connectivity index (χ3v) is 6.86. The van der Waals surface area contributed by atoms with E-state index in [2.05, 4.69) is 10.6 Å². The van der Waals surface area contributed by atoms with Crippen molar-refractivity contribution in [2.75, 3.05) is 17.6 Å². The van der Waals surface area contributed by atoms with Gasteiger partial charge in [0.25, 0.3) is 5.91 Å². The number of nitrogens with one attached hydrogen (secondary N) is 2. The number of rotatable bonds is 6. The number of nitrogens with zero attached hydrogens (tertiary/aromatic N) is 1. The first-order chi connectivity index (χ1) is 19.6. The van der Waals surface area contributed by atoms with Crippen LogP contribution in [0.5, 0.6) is 0 Å². The number of furan rings is 1. The van der Waals surface area contributed by atoms with Crippen LogP contribution in [0.15, 0.2) is 83.3 Å². The van der Waals surface area contributed by atoms with E-state index in [1.54, 1.807) is 62.1 Å². The molecule has 9 nitrogen and oxygen atoms in total. The van der Waals surface area contributed by atoms with E-state index in [1.807, 2.05) is 42.5 Å². The molecule has 1 aliphatic rings. The average Bonchev–Trinajstić information content (AvgIpc) is 3.59. The fourth-order valence-corrected chi connectivity index (χ4v) is 4.96. The molecule has 0 aliphatic carbocycles. The van der Waals surface area contributed by atoms with Gasteiger partial charge in [-0.05, 0) is 87.7 Å². The van der Waals surface area contributed by atoms with Gasteiger partial charge in [-0.3, -0.25) is 9.59 Å². The Hall–Kier alpha value is -4.79. The number of likely N-dealkylation sites (tertiary alicyclic amines) is 1. The van der Waals surface area contributed by atoms with E-state index in [0.717, 1.165) is 10.9 Å². The number of fused-ring (bicyclic) bond motifs is 1. The average molecular weight is 555 g/mol. The maximum Gasteiger partial charge on any atom is 0.408 e. The molecular weight excluding hydrogens is 520 g/mol. The molecule has 1 aromatic heterocycles. The van der Waals surface area contributed by atoms with Crippen molar-refractivity contribution in [3.05, 3.63) is 84.4 Å². The lowest BCUT2D eigenvalue weighted by Crippen LogP contribution is -2.49. The van der Waals surface area contributed by atoms with Crippen LogP contribution < -0.4 is 16.4 Å². The van der Waals surface area contributed by atoms with Crippen molar-refractivity contribution in [2.24, 2.45) is 0 Å². The summed E-state index contributed by atoms with van der Waals surface area (Å²) in [5.41, 5.74) is 8.53. The zero-order chi connectivity index (χ0) is 29.1. The predicted octanol–water partition coefficient (Wildman–Crippen LogP) is 5.88. The number of hydrogen-bond acceptors (Lipinski definition) is 6. The lowest BCUT2D eigenvalue weighted by Gasteiger charge is -2.29. The molecule has 1 aliphatic heterocycles. The Morgan fingerprint density at radius 3 is 2.44 bits per heavy atom. The second-order valence-electron chi connectivity index (χ2n) is 11.2. The Balaban J connectivity index is 1.32. The normalized spacial score (nSPS) is 15.9. The molecule has 9 heteroatoms. The van der Waals surface area contributed by atoms with E-state index in [-0.39, 0.29) is 11.8 Å². The number of alkyl carbamates (subject to hydrolysis) is 1. The van der Waals surface area contributed by atoms with Gasteiger partial charge in [0.15, 0.2) is 0 Å². The van der Waals surface area contributed by atoms with E-state index in [9.17, 15) is 14.4 Å². The first-order valence-electron chi connectivity index (χ1n) is 13.6. The number of anilines is 2. The molecule has 41 heavy (non-hydrogen) atoms. The minimum Gasteiger partial charge on any atom is -0.456 e. The third-order valence-electron chi connectivity index (χ3n) is 6.86. The summed E-state index contributed by atoms with van der Waals surface area (Å²) >= 11 is 0. The second kappa shape index (κ2) is 11.4. The van der Waals surface area contributed by atoms with Gasteiger partial charge in [0.1, 0.15) is 29.0 Å². The topological polar surface area (TPSA) is 127 Å². The maximum absolute atomic E-state index is 13.8. The van der Waals surface area contributed by atoms with Gasteiger partial charge in [0.2, 0.25) is 5.91 Å². The van der Waals surface area contributed by atoms with Crippen LogP contribution in [0.2, 0.25) is 0 Å². The summed E-state index contributed by atoms with van der Waals surface area (Å²) < 4.78 is 11.4. The highest BCUT2D eigenvalue weighted by Gasteiger charge is 2.38. The highest BCUT2D eigenvalue weighted by Crippen LogP contribution is 2.31. The van der Waals surface area contributed by atoms with Crippen molar-refractivity contribution in [1.29, 1.82) is 0 Å². The zero-order valence-electron chi connectivity index (χ0n) is 23.3. The van der Waals surface area contributed by atoms with Crippen LogP contribution in [-0.2, 0) is 14.3 Å². The molecular formula is C32H34N4O5. The summed E-state index contributed by atoms with van der Waals surface area (Å²) in [4.78, 5) is 41.4. The molecule has 1 unspecified atom stereocenters. The molecule has 3 aromatic carbocycles. The first kappa shape index (κ1) is 27.8. The Morgan fingerprint density at radius 2 is 1.73 bits per heavy atom. The number of amides is 3. The summed E-state index contributed by atoms with van der Waals surface area (Å²) in [7, 11) is 0. The van der Waals surface area contributed by atoms with Crippen LogP contribution in [0.25, 0.3) is 22.3 Å². The number of carbonyl (C=O) groups excluding carboxylic acids is 3. The van der Waals surface area contributed by atoms with Crippen molar-refractivity contribution in [1.82, 2.24) is 10.2 Å². The van der Waals surface area contributed by atoms with Crippen molar-refractivity contribution < 1.29 is 23.5 Å².